The van der Waals surface area contributed by atoms with Crippen LogP contribution in [0.3, 0.4) is 0 Å². The predicted octanol–water partition coefficient (Wildman–Crippen LogP) is 2.85. The number of hydrogen-bond donors (Lipinski definition) is 1. The summed E-state index contributed by atoms with van der Waals surface area (Å²) in [5.74, 6) is -0.151. The molecule has 0 aliphatic heterocycles. The molecule has 0 aliphatic rings. The molecular weight excluding hydrogens is 241 g/mol. The van der Waals surface area contributed by atoms with Crippen LogP contribution in [-0.4, -0.2) is 16.8 Å². The molecule has 1 atom stereocenters. The van der Waals surface area contributed by atoms with Gasteiger partial charge in [0.15, 0.2) is 0 Å². The van der Waals surface area contributed by atoms with Crippen LogP contribution >= 0.6 is 0 Å². The van der Waals surface area contributed by atoms with E-state index in [0.29, 0.717) is 5.56 Å². The number of nitrogens with one attached hydrogen (secondary N) is 1. The van der Waals surface area contributed by atoms with Crippen molar-refractivity contribution < 1.29 is 4.39 Å². The maximum absolute atomic E-state index is 14.0. The molecule has 0 aliphatic carbocycles. The molecule has 1 unspecified atom stereocenters. The van der Waals surface area contributed by atoms with Crippen molar-refractivity contribution in [2.45, 2.75) is 32.9 Å². The van der Waals surface area contributed by atoms with E-state index in [1.807, 2.05) is 50.1 Å². The lowest BCUT2D eigenvalue weighted by Gasteiger charge is -2.17. The number of hydrogen-bond acceptors (Lipinski definition) is 2. The van der Waals surface area contributed by atoms with Gasteiger partial charge in [-0.1, -0.05) is 12.1 Å². The van der Waals surface area contributed by atoms with Gasteiger partial charge in [0, 0.05) is 24.3 Å². The molecule has 1 aromatic carbocycles. The Hall–Kier alpha value is -1.68. The maximum atomic E-state index is 14.0. The normalized spacial score (nSPS) is 12.6. The minimum absolute atomic E-state index is 0.0323. The largest absolute Gasteiger partial charge is 0.313 e. The molecule has 0 spiro atoms. The molecule has 0 bridgehead atoms. The molecule has 2 aromatic rings. The van der Waals surface area contributed by atoms with Gasteiger partial charge in [0.1, 0.15) is 5.82 Å². The van der Waals surface area contributed by atoms with E-state index in [2.05, 4.69) is 10.4 Å². The van der Waals surface area contributed by atoms with E-state index in [4.69, 9.17) is 0 Å². The minimum atomic E-state index is -0.151. The third-order valence-corrected chi connectivity index (χ3v) is 3.33. The fraction of sp³-hybridized carbons (Fsp3) is 0.400. The van der Waals surface area contributed by atoms with Gasteiger partial charge in [-0.3, -0.25) is 4.68 Å². The van der Waals surface area contributed by atoms with Gasteiger partial charge in [-0.05, 0) is 44.5 Å². The lowest BCUT2D eigenvalue weighted by atomic mass is 9.99. The van der Waals surface area contributed by atoms with Gasteiger partial charge in [0.25, 0.3) is 0 Å². The molecule has 1 heterocycles. The maximum Gasteiger partial charge on any atom is 0.128 e. The van der Waals surface area contributed by atoms with Crippen molar-refractivity contribution in [3.05, 3.63) is 53.1 Å². The second-order valence-corrected chi connectivity index (χ2v) is 4.77. The molecular formula is C15H20FN3. The lowest BCUT2D eigenvalue weighted by molar-refractivity contribution is 0.533. The lowest BCUT2D eigenvalue weighted by Crippen LogP contribution is -2.20. The molecule has 0 saturated carbocycles. The Labute approximate surface area is 113 Å². The first-order valence-electron chi connectivity index (χ1n) is 6.58. The second-order valence-electron chi connectivity index (χ2n) is 4.77. The molecule has 19 heavy (non-hydrogen) atoms. The summed E-state index contributed by atoms with van der Waals surface area (Å²) in [5.41, 5.74) is 2.76. The SMILES string of the molecule is CCn1cc(CC(NC)c2ccc(C)cc2F)cn1. The Kier molecular flexibility index (Phi) is 4.32. The first kappa shape index (κ1) is 13.7. The highest BCUT2D eigenvalue weighted by Gasteiger charge is 2.15. The quantitative estimate of drug-likeness (QED) is 0.897. The zero-order valence-electron chi connectivity index (χ0n) is 11.7. The molecule has 0 amide bonds. The van der Waals surface area contributed by atoms with Crippen molar-refractivity contribution in [3.63, 3.8) is 0 Å². The van der Waals surface area contributed by atoms with Gasteiger partial charge in [-0.15, -0.1) is 0 Å². The van der Waals surface area contributed by atoms with Crippen LogP contribution in [0, 0.1) is 12.7 Å². The summed E-state index contributed by atoms with van der Waals surface area (Å²) in [5, 5.41) is 7.42. The second kappa shape index (κ2) is 5.97. The molecule has 1 N–H and O–H groups in total. The molecule has 4 heteroatoms. The molecule has 102 valence electrons. The topological polar surface area (TPSA) is 29.9 Å². The molecule has 1 aromatic heterocycles. The van der Waals surface area contributed by atoms with Crippen LogP contribution in [0.4, 0.5) is 4.39 Å². The van der Waals surface area contributed by atoms with Crippen LogP contribution in [0.15, 0.2) is 30.6 Å². The minimum Gasteiger partial charge on any atom is -0.313 e. The number of rotatable bonds is 5. The predicted molar refractivity (Wildman–Crippen MR) is 74.5 cm³/mol. The average Bonchev–Trinajstić information content (AvgIpc) is 2.84. The van der Waals surface area contributed by atoms with Gasteiger partial charge in [-0.25, -0.2) is 4.39 Å². The van der Waals surface area contributed by atoms with Crippen molar-refractivity contribution in [2.24, 2.45) is 0 Å². The van der Waals surface area contributed by atoms with Gasteiger partial charge >= 0.3 is 0 Å². The first-order valence-corrected chi connectivity index (χ1v) is 6.58. The number of halogens is 1. The zero-order valence-corrected chi connectivity index (χ0v) is 11.7. The average molecular weight is 261 g/mol. The van der Waals surface area contributed by atoms with Gasteiger partial charge in [-0.2, -0.15) is 5.10 Å². The summed E-state index contributed by atoms with van der Waals surface area (Å²) >= 11 is 0. The van der Waals surface area contributed by atoms with Crippen molar-refractivity contribution in [1.82, 2.24) is 15.1 Å². The van der Waals surface area contributed by atoms with Crippen LogP contribution in [0.2, 0.25) is 0 Å². The third kappa shape index (κ3) is 3.20. The number of nitrogens with zero attached hydrogens (tertiary/aromatic N) is 2. The summed E-state index contributed by atoms with van der Waals surface area (Å²) < 4.78 is 15.9. The first-order chi connectivity index (χ1) is 9.13. The number of aryl methyl sites for hydroxylation is 2. The van der Waals surface area contributed by atoms with Gasteiger partial charge in [0.05, 0.1) is 6.20 Å². The van der Waals surface area contributed by atoms with Crippen molar-refractivity contribution in [3.8, 4) is 0 Å². The monoisotopic (exact) mass is 261 g/mol. The van der Waals surface area contributed by atoms with Crippen LogP contribution in [-0.2, 0) is 13.0 Å². The van der Waals surface area contributed by atoms with Crippen LogP contribution in [0.1, 0.15) is 29.7 Å². The highest BCUT2D eigenvalue weighted by Crippen LogP contribution is 2.21. The summed E-state index contributed by atoms with van der Waals surface area (Å²) in [6.07, 6.45) is 4.59. The number of benzene rings is 1. The highest BCUT2D eigenvalue weighted by atomic mass is 19.1. The summed E-state index contributed by atoms with van der Waals surface area (Å²) in [4.78, 5) is 0. The fourth-order valence-electron chi connectivity index (χ4n) is 2.20. The Morgan fingerprint density at radius 3 is 2.79 bits per heavy atom. The van der Waals surface area contributed by atoms with Gasteiger partial charge < -0.3 is 5.32 Å². The van der Waals surface area contributed by atoms with Gasteiger partial charge in [0.2, 0.25) is 0 Å². The Morgan fingerprint density at radius 2 is 2.21 bits per heavy atom. The summed E-state index contributed by atoms with van der Waals surface area (Å²) in [7, 11) is 1.86. The molecule has 0 radical (unpaired) electrons. The Balaban J connectivity index is 2.19. The van der Waals surface area contributed by atoms with E-state index in [9.17, 15) is 4.39 Å². The van der Waals surface area contributed by atoms with E-state index < -0.39 is 0 Å². The molecule has 0 fully saturated rings. The van der Waals surface area contributed by atoms with E-state index in [1.54, 1.807) is 6.07 Å². The summed E-state index contributed by atoms with van der Waals surface area (Å²) in [6.45, 7) is 4.79. The van der Waals surface area contributed by atoms with E-state index in [-0.39, 0.29) is 11.9 Å². The molecule has 2 rings (SSSR count). The molecule has 0 saturated heterocycles. The van der Waals surface area contributed by atoms with Crippen LogP contribution < -0.4 is 5.32 Å². The van der Waals surface area contributed by atoms with E-state index in [0.717, 1.165) is 24.1 Å². The third-order valence-electron chi connectivity index (χ3n) is 3.33. The Bertz CT molecular complexity index is 548. The van der Waals surface area contributed by atoms with E-state index >= 15 is 0 Å². The van der Waals surface area contributed by atoms with Crippen molar-refractivity contribution >= 4 is 0 Å². The number of aromatic nitrogens is 2. The standard InChI is InChI=1S/C15H20FN3/c1-4-19-10-12(9-18-19)8-15(17-3)13-6-5-11(2)7-14(13)16/h5-7,9-10,15,17H,4,8H2,1-3H3. The molecule has 3 nitrogen and oxygen atoms in total. The zero-order chi connectivity index (χ0) is 13.8. The van der Waals surface area contributed by atoms with E-state index in [1.165, 1.54) is 0 Å². The Morgan fingerprint density at radius 1 is 1.42 bits per heavy atom. The summed E-state index contributed by atoms with van der Waals surface area (Å²) in [6, 6.07) is 5.35. The highest BCUT2D eigenvalue weighted by molar-refractivity contribution is 5.27. The van der Waals surface area contributed by atoms with Crippen molar-refractivity contribution in [1.29, 1.82) is 0 Å². The van der Waals surface area contributed by atoms with Crippen molar-refractivity contribution in [2.75, 3.05) is 7.05 Å². The van der Waals surface area contributed by atoms with Crippen LogP contribution in [0.25, 0.3) is 0 Å². The fourth-order valence-corrected chi connectivity index (χ4v) is 2.20. The van der Waals surface area contributed by atoms with Crippen LogP contribution in [0.5, 0.6) is 0 Å². The smallest absolute Gasteiger partial charge is 0.128 e. The number of likely N-dealkylation sites (N-methyl/N-ethyl adjacent to an activating group) is 1.